The zero-order valence-electron chi connectivity index (χ0n) is 11.6. The molecular formula is C15H14N4O. The van der Waals surface area contributed by atoms with E-state index < -0.39 is 5.56 Å². The standard InChI is InChI=1S/C15H14N4O/c1-10-7-12(3)19(15(20)14(10)8-16)17-9-13-6-4-5-11(2)18-13/h4-7,9H,1-3H3/b17-9+. The Hall–Kier alpha value is -2.74. The number of nitrogens with zero attached hydrogens (tertiary/aromatic N) is 4. The summed E-state index contributed by atoms with van der Waals surface area (Å²) in [5, 5.41) is 13.1. The third-order valence-electron chi connectivity index (χ3n) is 2.89. The van der Waals surface area contributed by atoms with Gasteiger partial charge in [0.2, 0.25) is 0 Å². The lowest BCUT2D eigenvalue weighted by Crippen LogP contribution is -2.22. The van der Waals surface area contributed by atoms with Gasteiger partial charge >= 0.3 is 0 Å². The molecule has 0 bridgehead atoms. The number of aryl methyl sites for hydroxylation is 3. The molecule has 0 N–H and O–H groups in total. The fourth-order valence-electron chi connectivity index (χ4n) is 1.91. The number of aromatic nitrogens is 2. The van der Waals surface area contributed by atoms with Gasteiger partial charge in [0.15, 0.2) is 0 Å². The largest absolute Gasteiger partial charge is 0.289 e. The van der Waals surface area contributed by atoms with Gasteiger partial charge in [0, 0.05) is 11.4 Å². The lowest BCUT2D eigenvalue weighted by Gasteiger charge is -2.06. The Morgan fingerprint density at radius 3 is 2.75 bits per heavy atom. The topological polar surface area (TPSA) is 71.0 Å². The lowest BCUT2D eigenvalue weighted by molar-refractivity contribution is 0.786. The highest BCUT2D eigenvalue weighted by molar-refractivity contribution is 5.76. The predicted octanol–water partition coefficient (Wildman–Crippen LogP) is 1.92. The molecule has 5 heteroatoms. The molecule has 5 nitrogen and oxygen atoms in total. The van der Waals surface area contributed by atoms with Crippen LogP contribution in [-0.4, -0.2) is 15.9 Å². The van der Waals surface area contributed by atoms with E-state index in [-0.39, 0.29) is 5.56 Å². The van der Waals surface area contributed by atoms with E-state index in [9.17, 15) is 4.79 Å². The maximum absolute atomic E-state index is 12.1. The summed E-state index contributed by atoms with van der Waals surface area (Å²) in [6, 6.07) is 9.24. The van der Waals surface area contributed by atoms with Crippen LogP contribution >= 0.6 is 0 Å². The van der Waals surface area contributed by atoms with Crippen LogP contribution in [0.3, 0.4) is 0 Å². The monoisotopic (exact) mass is 266 g/mol. The molecule has 2 rings (SSSR count). The van der Waals surface area contributed by atoms with Gasteiger partial charge in [0.25, 0.3) is 5.56 Å². The maximum atomic E-state index is 12.1. The van der Waals surface area contributed by atoms with E-state index in [1.807, 2.05) is 25.1 Å². The molecule has 0 atom stereocenters. The minimum absolute atomic E-state index is 0.116. The molecular weight excluding hydrogens is 252 g/mol. The maximum Gasteiger partial charge on any atom is 0.289 e. The van der Waals surface area contributed by atoms with E-state index in [2.05, 4.69) is 10.1 Å². The van der Waals surface area contributed by atoms with Gasteiger partial charge in [0.05, 0.1) is 11.9 Å². The van der Waals surface area contributed by atoms with E-state index in [4.69, 9.17) is 5.26 Å². The third kappa shape index (κ3) is 2.64. The van der Waals surface area contributed by atoms with Crippen LogP contribution in [0.15, 0.2) is 34.2 Å². The molecule has 2 heterocycles. The Morgan fingerprint density at radius 1 is 1.35 bits per heavy atom. The van der Waals surface area contributed by atoms with Crippen molar-refractivity contribution in [1.29, 1.82) is 5.26 Å². The van der Waals surface area contributed by atoms with Crippen LogP contribution in [0.2, 0.25) is 0 Å². The number of hydrogen-bond acceptors (Lipinski definition) is 4. The third-order valence-corrected chi connectivity index (χ3v) is 2.89. The molecule has 0 fully saturated rings. The van der Waals surface area contributed by atoms with Crippen LogP contribution < -0.4 is 5.56 Å². The molecule has 0 saturated heterocycles. The number of nitriles is 1. The average Bonchev–Trinajstić information content (AvgIpc) is 2.38. The lowest BCUT2D eigenvalue weighted by atomic mass is 10.1. The molecule has 2 aromatic rings. The molecule has 0 unspecified atom stereocenters. The summed E-state index contributed by atoms with van der Waals surface area (Å²) in [4.78, 5) is 16.4. The quantitative estimate of drug-likeness (QED) is 0.780. The normalized spacial score (nSPS) is 10.7. The van der Waals surface area contributed by atoms with Gasteiger partial charge in [-0.25, -0.2) is 4.68 Å². The highest BCUT2D eigenvalue weighted by Gasteiger charge is 2.08. The first-order chi connectivity index (χ1) is 9.52. The minimum Gasteiger partial charge on any atom is -0.266 e. The van der Waals surface area contributed by atoms with Gasteiger partial charge in [-0.1, -0.05) is 6.07 Å². The molecule has 0 aliphatic rings. The zero-order valence-corrected chi connectivity index (χ0v) is 11.6. The second-order valence-corrected chi connectivity index (χ2v) is 4.52. The SMILES string of the molecule is Cc1cccc(/C=N/n2c(C)cc(C)c(C#N)c2=O)n1. The summed E-state index contributed by atoms with van der Waals surface area (Å²) in [7, 11) is 0. The Kier molecular flexibility index (Phi) is 3.76. The summed E-state index contributed by atoms with van der Waals surface area (Å²) in [6.07, 6.45) is 1.51. The molecule has 0 saturated carbocycles. The second kappa shape index (κ2) is 5.49. The smallest absolute Gasteiger partial charge is 0.266 e. The van der Waals surface area contributed by atoms with Crippen molar-refractivity contribution in [1.82, 2.24) is 9.66 Å². The van der Waals surface area contributed by atoms with Gasteiger partial charge in [-0.2, -0.15) is 10.4 Å². The van der Waals surface area contributed by atoms with Crippen LogP contribution in [-0.2, 0) is 0 Å². The first kappa shape index (κ1) is 13.7. The average molecular weight is 266 g/mol. The van der Waals surface area contributed by atoms with E-state index in [1.54, 1.807) is 26.0 Å². The molecule has 0 aliphatic heterocycles. The van der Waals surface area contributed by atoms with Crippen LogP contribution in [0.1, 0.15) is 28.2 Å². The fraction of sp³-hybridized carbons (Fsp3) is 0.200. The summed E-state index contributed by atoms with van der Waals surface area (Å²) in [5.41, 5.74) is 2.58. The first-order valence-corrected chi connectivity index (χ1v) is 6.14. The van der Waals surface area contributed by atoms with Crippen LogP contribution in [0.4, 0.5) is 0 Å². The minimum atomic E-state index is -0.408. The summed E-state index contributed by atoms with van der Waals surface area (Å²) in [5.74, 6) is 0. The number of rotatable bonds is 2. The summed E-state index contributed by atoms with van der Waals surface area (Å²) < 4.78 is 1.22. The van der Waals surface area contributed by atoms with Crippen molar-refractivity contribution in [2.45, 2.75) is 20.8 Å². The van der Waals surface area contributed by atoms with E-state index >= 15 is 0 Å². The van der Waals surface area contributed by atoms with Gasteiger partial charge in [0.1, 0.15) is 11.6 Å². The molecule has 100 valence electrons. The highest BCUT2D eigenvalue weighted by atomic mass is 16.1. The first-order valence-electron chi connectivity index (χ1n) is 6.14. The van der Waals surface area contributed by atoms with E-state index in [0.29, 0.717) is 17.0 Å². The van der Waals surface area contributed by atoms with Crippen molar-refractivity contribution < 1.29 is 0 Å². The number of pyridine rings is 2. The highest BCUT2D eigenvalue weighted by Crippen LogP contribution is 2.05. The van der Waals surface area contributed by atoms with Crippen molar-refractivity contribution in [3.63, 3.8) is 0 Å². The van der Waals surface area contributed by atoms with Gasteiger partial charge in [-0.05, 0) is 44.5 Å². The van der Waals surface area contributed by atoms with Gasteiger partial charge in [-0.15, -0.1) is 0 Å². The number of hydrogen-bond donors (Lipinski definition) is 0. The van der Waals surface area contributed by atoms with Crippen molar-refractivity contribution in [2.75, 3.05) is 0 Å². The fourth-order valence-corrected chi connectivity index (χ4v) is 1.91. The Bertz CT molecular complexity index is 781. The van der Waals surface area contributed by atoms with Crippen molar-refractivity contribution in [2.24, 2.45) is 5.10 Å². The van der Waals surface area contributed by atoms with Crippen LogP contribution in [0.25, 0.3) is 0 Å². The molecule has 0 aliphatic carbocycles. The molecule has 0 radical (unpaired) electrons. The second-order valence-electron chi connectivity index (χ2n) is 4.52. The Morgan fingerprint density at radius 2 is 2.10 bits per heavy atom. The molecule has 0 amide bonds. The molecule has 0 spiro atoms. The summed E-state index contributed by atoms with van der Waals surface area (Å²) >= 11 is 0. The van der Waals surface area contributed by atoms with E-state index in [1.165, 1.54) is 10.9 Å². The van der Waals surface area contributed by atoms with Crippen LogP contribution in [0, 0.1) is 32.1 Å². The summed E-state index contributed by atoms with van der Waals surface area (Å²) in [6.45, 7) is 5.40. The van der Waals surface area contributed by atoms with Gasteiger partial charge < -0.3 is 0 Å². The van der Waals surface area contributed by atoms with Crippen molar-refractivity contribution in [3.8, 4) is 6.07 Å². The Balaban J connectivity index is 2.50. The molecule has 0 aromatic carbocycles. The molecule has 20 heavy (non-hydrogen) atoms. The Labute approximate surface area is 116 Å². The van der Waals surface area contributed by atoms with Crippen molar-refractivity contribution in [3.05, 3.63) is 62.8 Å². The predicted molar refractivity (Wildman–Crippen MR) is 76.9 cm³/mol. The zero-order chi connectivity index (χ0) is 14.7. The van der Waals surface area contributed by atoms with Gasteiger partial charge in [-0.3, -0.25) is 9.78 Å². The van der Waals surface area contributed by atoms with E-state index in [0.717, 1.165) is 5.69 Å². The molecule has 2 aromatic heterocycles. The van der Waals surface area contributed by atoms with Crippen LogP contribution in [0.5, 0.6) is 0 Å². The van der Waals surface area contributed by atoms with Crippen molar-refractivity contribution >= 4 is 6.21 Å².